The molecule has 0 aliphatic heterocycles. The number of ether oxygens (including phenoxy) is 1. The number of rotatable bonds is 8. The van der Waals surface area contributed by atoms with Crippen LogP contribution >= 0.6 is 0 Å². The van der Waals surface area contributed by atoms with Gasteiger partial charge in [-0.3, -0.25) is 0 Å². The number of aliphatic hydroxyl groups is 1. The van der Waals surface area contributed by atoms with Gasteiger partial charge in [0.2, 0.25) is 10.0 Å². The fraction of sp³-hybridized carbons (Fsp3) is 0.300. The summed E-state index contributed by atoms with van der Waals surface area (Å²) in [6.45, 7) is 3.49. The van der Waals surface area contributed by atoms with Gasteiger partial charge in [-0.25, -0.2) is 13.1 Å². The van der Waals surface area contributed by atoms with E-state index in [4.69, 9.17) is 4.74 Å². The molecule has 1 atom stereocenters. The van der Waals surface area contributed by atoms with E-state index in [1.165, 1.54) is 6.08 Å². The highest BCUT2D eigenvalue weighted by Crippen LogP contribution is 2.17. The second kappa shape index (κ2) is 8.49. The van der Waals surface area contributed by atoms with Crippen LogP contribution in [0.25, 0.3) is 6.08 Å². The second-order valence-corrected chi connectivity index (χ2v) is 8.25. The van der Waals surface area contributed by atoms with Crippen LogP contribution in [0.5, 0.6) is 5.75 Å². The van der Waals surface area contributed by atoms with E-state index in [9.17, 15) is 13.5 Å². The lowest BCUT2D eigenvalue weighted by Crippen LogP contribution is -2.41. The van der Waals surface area contributed by atoms with E-state index in [-0.39, 0.29) is 6.54 Å². The molecule has 2 rings (SSSR count). The lowest BCUT2D eigenvalue weighted by atomic mass is 9.97. The van der Waals surface area contributed by atoms with E-state index >= 15 is 0 Å². The minimum absolute atomic E-state index is 0.0837. The van der Waals surface area contributed by atoms with Gasteiger partial charge in [-0.1, -0.05) is 42.0 Å². The normalized spacial score (nSPS) is 14.3. The minimum Gasteiger partial charge on any atom is -0.497 e. The van der Waals surface area contributed by atoms with Gasteiger partial charge in [0.05, 0.1) is 12.7 Å². The van der Waals surface area contributed by atoms with Gasteiger partial charge in [-0.15, -0.1) is 0 Å². The van der Waals surface area contributed by atoms with E-state index in [2.05, 4.69) is 4.72 Å². The van der Waals surface area contributed by atoms with Gasteiger partial charge in [-0.2, -0.15) is 0 Å². The van der Waals surface area contributed by atoms with Gasteiger partial charge < -0.3 is 9.84 Å². The molecule has 0 aliphatic rings. The molecular formula is C20H25NO4S. The van der Waals surface area contributed by atoms with Crippen molar-refractivity contribution in [2.24, 2.45) is 0 Å². The summed E-state index contributed by atoms with van der Waals surface area (Å²) in [5, 5.41) is 11.6. The van der Waals surface area contributed by atoms with Crippen LogP contribution in [0.2, 0.25) is 0 Å². The summed E-state index contributed by atoms with van der Waals surface area (Å²) in [5.74, 6) is 0.732. The van der Waals surface area contributed by atoms with Crippen molar-refractivity contribution < 1.29 is 18.3 Å². The molecule has 0 saturated heterocycles. The monoisotopic (exact) mass is 375 g/mol. The topological polar surface area (TPSA) is 75.6 Å². The molecule has 26 heavy (non-hydrogen) atoms. The lowest BCUT2D eigenvalue weighted by Gasteiger charge is -2.23. The zero-order valence-corrected chi connectivity index (χ0v) is 16.1. The molecule has 0 bridgehead atoms. The summed E-state index contributed by atoms with van der Waals surface area (Å²) in [7, 11) is -2.05. The number of hydrogen-bond acceptors (Lipinski definition) is 4. The number of sulfonamides is 1. The van der Waals surface area contributed by atoms with Crippen LogP contribution in [-0.4, -0.2) is 32.8 Å². The van der Waals surface area contributed by atoms with Crippen LogP contribution in [0.4, 0.5) is 0 Å². The molecule has 5 nitrogen and oxygen atoms in total. The number of nitrogens with one attached hydrogen (secondary N) is 1. The Kier molecular flexibility index (Phi) is 6.58. The SMILES string of the molecule is COc1ccc(C[C@@](C)(O)CNS(=O)(=O)/C=C/c2ccc(C)cc2)cc1. The first kappa shape index (κ1) is 20.2. The first-order valence-corrected chi connectivity index (χ1v) is 9.83. The minimum atomic E-state index is -3.64. The number of methoxy groups -OCH3 is 1. The first-order valence-electron chi connectivity index (χ1n) is 8.29. The Morgan fingerprint density at radius 3 is 2.31 bits per heavy atom. The predicted molar refractivity (Wildman–Crippen MR) is 104 cm³/mol. The number of benzene rings is 2. The molecule has 140 valence electrons. The molecule has 2 aromatic carbocycles. The molecule has 6 heteroatoms. The Morgan fingerprint density at radius 1 is 1.12 bits per heavy atom. The van der Waals surface area contributed by atoms with E-state index in [0.29, 0.717) is 6.42 Å². The van der Waals surface area contributed by atoms with Crippen LogP contribution in [-0.2, 0) is 16.4 Å². The Bertz CT molecular complexity index is 838. The number of hydrogen-bond donors (Lipinski definition) is 2. The van der Waals surface area contributed by atoms with Crippen molar-refractivity contribution in [2.75, 3.05) is 13.7 Å². The van der Waals surface area contributed by atoms with Crippen LogP contribution in [0.1, 0.15) is 23.6 Å². The van der Waals surface area contributed by atoms with Crippen molar-refractivity contribution in [2.45, 2.75) is 25.9 Å². The van der Waals surface area contributed by atoms with Crippen molar-refractivity contribution in [1.29, 1.82) is 0 Å². The zero-order chi connectivity index (χ0) is 19.2. The zero-order valence-electron chi connectivity index (χ0n) is 15.3. The molecule has 0 radical (unpaired) electrons. The molecule has 0 amide bonds. The highest BCUT2D eigenvalue weighted by molar-refractivity contribution is 7.92. The van der Waals surface area contributed by atoms with Crippen LogP contribution in [0.3, 0.4) is 0 Å². The summed E-state index contributed by atoms with van der Waals surface area (Å²) >= 11 is 0. The van der Waals surface area contributed by atoms with Gasteiger partial charge in [0.15, 0.2) is 0 Å². The van der Waals surface area contributed by atoms with Gasteiger partial charge in [0.1, 0.15) is 5.75 Å². The summed E-state index contributed by atoms with van der Waals surface area (Å²) in [6.07, 6.45) is 1.85. The van der Waals surface area contributed by atoms with Crippen LogP contribution in [0, 0.1) is 6.92 Å². The van der Waals surface area contributed by atoms with E-state index in [1.807, 2.05) is 43.3 Å². The van der Waals surface area contributed by atoms with Gasteiger partial charge in [0.25, 0.3) is 0 Å². The van der Waals surface area contributed by atoms with Crippen molar-refractivity contribution in [3.8, 4) is 5.75 Å². The maximum atomic E-state index is 12.1. The first-order chi connectivity index (χ1) is 12.2. The average molecular weight is 375 g/mol. The van der Waals surface area contributed by atoms with Crippen molar-refractivity contribution in [3.63, 3.8) is 0 Å². The second-order valence-electron chi connectivity index (χ2n) is 6.60. The molecule has 0 unspecified atom stereocenters. The molecule has 2 aromatic rings. The Balaban J connectivity index is 1.94. The largest absolute Gasteiger partial charge is 0.497 e. The third kappa shape index (κ3) is 6.63. The Labute approximate surface area is 155 Å². The Hall–Kier alpha value is -2.15. The van der Waals surface area contributed by atoms with Crippen molar-refractivity contribution >= 4 is 16.1 Å². The smallest absolute Gasteiger partial charge is 0.233 e. The van der Waals surface area contributed by atoms with Crippen molar-refractivity contribution in [3.05, 3.63) is 70.6 Å². The average Bonchev–Trinajstić information content (AvgIpc) is 2.60. The molecule has 2 N–H and O–H groups in total. The number of aryl methyl sites for hydroxylation is 1. The maximum absolute atomic E-state index is 12.1. The molecule has 0 fully saturated rings. The van der Waals surface area contributed by atoms with Crippen LogP contribution < -0.4 is 9.46 Å². The highest BCUT2D eigenvalue weighted by Gasteiger charge is 2.23. The lowest BCUT2D eigenvalue weighted by molar-refractivity contribution is 0.0658. The standard InChI is InChI=1S/C20H25NO4S/c1-16-4-6-17(7-5-16)12-13-26(23,24)21-15-20(2,22)14-18-8-10-19(25-3)11-9-18/h4-13,21-22H,14-15H2,1-3H3/b13-12+/t20-/m1/s1. The van der Waals surface area contributed by atoms with E-state index in [0.717, 1.165) is 27.8 Å². The highest BCUT2D eigenvalue weighted by atomic mass is 32.2. The summed E-state index contributed by atoms with van der Waals surface area (Å²) in [5.41, 5.74) is 1.59. The summed E-state index contributed by atoms with van der Waals surface area (Å²) < 4.78 is 31.8. The van der Waals surface area contributed by atoms with Gasteiger partial charge in [-0.05, 0) is 43.2 Å². The van der Waals surface area contributed by atoms with Gasteiger partial charge >= 0.3 is 0 Å². The molecule has 0 aliphatic carbocycles. The molecule has 0 spiro atoms. The quantitative estimate of drug-likeness (QED) is 0.744. The molecular weight excluding hydrogens is 350 g/mol. The molecule has 0 saturated carbocycles. The van der Waals surface area contributed by atoms with E-state index in [1.54, 1.807) is 26.2 Å². The molecule has 0 aromatic heterocycles. The fourth-order valence-electron chi connectivity index (χ4n) is 2.40. The Morgan fingerprint density at radius 2 is 1.73 bits per heavy atom. The predicted octanol–water partition coefficient (Wildman–Crippen LogP) is 2.89. The van der Waals surface area contributed by atoms with E-state index < -0.39 is 15.6 Å². The third-order valence-corrected chi connectivity index (χ3v) is 4.96. The fourth-order valence-corrected chi connectivity index (χ4v) is 3.34. The summed E-state index contributed by atoms with van der Waals surface area (Å²) in [4.78, 5) is 0. The third-order valence-electron chi connectivity index (χ3n) is 3.92. The van der Waals surface area contributed by atoms with Crippen molar-refractivity contribution in [1.82, 2.24) is 4.72 Å². The molecule has 0 heterocycles. The van der Waals surface area contributed by atoms with Gasteiger partial charge in [0, 0.05) is 18.4 Å². The maximum Gasteiger partial charge on any atom is 0.233 e. The summed E-state index contributed by atoms with van der Waals surface area (Å²) in [6, 6.07) is 14.8. The van der Waals surface area contributed by atoms with Crippen LogP contribution in [0.15, 0.2) is 53.9 Å².